The van der Waals surface area contributed by atoms with Crippen LogP contribution >= 0.6 is 0 Å². The topological polar surface area (TPSA) is 99.3 Å². The molecule has 172 valence electrons. The first kappa shape index (κ1) is 23.5. The van der Waals surface area contributed by atoms with Gasteiger partial charge in [-0.15, -0.1) is 5.06 Å². The molecule has 0 aliphatic carbocycles. The van der Waals surface area contributed by atoms with Crippen LogP contribution in [-0.4, -0.2) is 75.3 Å². The summed E-state index contributed by atoms with van der Waals surface area (Å²) < 4.78 is 25.5. The Morgan fingerprint density at radius 2 is 1.90 bits per heavy atom. The van der Waals surface area contributed by atoms with E-state index >= 15 is 0 Å². The van der Waals surface area contributed by atoms with Crippen LogP contribution in [0.3, 0.4) is 0 Å². The Morgan fingerprint density at radius 1 is 1.19 bits per heavy atom. The quantitative estimate of drug-likeness (QED) is 0.722. The normalized spacial score (nSPS) is 20.4. The standard InChI is InChI=1S/C21H32N4O5S/c1-15-13-23(10-11-25(15)30-20(27)21(2,3)4)14-19(26)24-9-8-16-6-7-17(12-18(16)24)22-31(5,28)29/h6-7,12,15,22H,8-11,13-14H2,1-5H3/t15-/m1/s1. The molecule has 1 saturated heterocycles. The second-order valence-electron chi connectivity index (χ2n) is 9.37. The number of carbonyl (C=O) groups excluding carboxylic acids is 2. The van der Waals surface area contributed by atoms with E-state index in [1.165, 1.54) is 0 Å². The summed E-state index contributed by atoms with van der Waals surface area (Å²) in [5, 5.41) is 1.70. The number of anilines is 2. The third kappa shape index (κ3) is 5.96. The van der Waals surface area contributed by atoms with E-state index < -0.39 is 15.4 Å². The van der Waals surface area contributed by atoms with Gasteiger partial charge in [-0.3, -0.25) is 14.4 Å². The molecule has 1 aromatic rings. The highest BCUT2D eigenvalue weighted by atomic mass is 32.2. The maximum Gasteiger partial charge on any atom is 0.330 e. The molecule has 10 heteroatoms. The van der Waals surface area contributed by atoms with Crippen molar-refractivity contribution in [3.05, 3.63) is 23.8 Å². The lowest BCUT2D eigenvalue weighted by Crippen LogP contribution is -2.55. The van der Waals surface area contributed by atoms with Crippen molar-refractivity contribution in [3.63, 3.8) is 0 Å². The zero-order valence-corrected chi connectivity index (χ0v) is 19.7. The number of hydrogen-bond donors (Lipinski definition) is 1. The van der Waals surface area contributed by atoms with Crippen molar-refractivity contribution < 1.29 is 22.8 Å². The van der Waals surface area contributed by atoms with Crippen LogP contribution in [0.15, 0.2) is 18.2 Å². The number of nitrogens with zero attached hydrogens (tertiary/aromatic N) is 3. The second-order valence-corrected chi connectivity index (χ2v) is 11.1. The van der Waals surface area contributed by atoms with Crippen LogP contribution in [0.5, 0.6) is 0 Å². The number of rotatable bonds is 5. The van der Waals surface area contributed by atoms with E-state index in [0.717, 1.165) is 23.9 Å². The van der Waals surface area contributed by atoms with Crippen molar-refractivity contribution in [2.75, 3.05) is 48.6 Å². The number of amides is 1. The maximum atomic E-state index is 13.0. The van der Waals surface area contributed by atoms with Gasteiger partial charge in [0.25, 0.3) is 0 Å². The lowest BCUT2D eigenvalue weighted by atomic mass is 9.98. The van der Waals surface area contributed by atoms with Crippen LogP contribution in [0.2, 0.25) is 0 Å². The molecule has 0 spiro atoms. The van der Waals surface area contributed by atoms with E-state index in [2.05, 4.69) is 9.62 Å². The van der Waals surface area contributed by atoms with Gasteiger partial charge in [0.1, 0.15) is 0 Å². The average molecular weight is 453 g/mol. The molecule has 2 heterocycles. The molecule has 9 nitrogen and oxygen atoms in total. The Balaban J connectivity index is 1.60. The van der Waals surface area contributed by atoms with Crippen LogP contribution in [0, 0.1) is 5.41 Å². The number of carbonyl (C=O) groups is 2. The number of hydrogen-bond acceptors (Lipinski definition) is 7. The molecule has 0 unspecified atom stereocenters. The largest absolute Gasteiger partial charge is 0.367 e. The van der Waals surface area contributed by atoms with Gasteiger partial charge >= 0.3 is 5.97 Å². The molecule has 1 fully saturated rings. The summed E-state index contributed by atoms with van der Waals surface area (Å²) in [4.78, 5) is 34.5. The van der Waals surface area contributed by atoms with Gasteiger partial charge in [0.15, 0.2) is 0 Å². The SMILES string of the molecule is C[C@@H]1CN(CC(=O)N2CCc3ccc(NS(C)(=O)=O)cc32)CCN1OC(=O)C(C)(C)C. The Bertz CT molecular complexity index is 957. The molecule has 2 aliphatic rings. The van der Waals surface area contributed by atoms with E-state index in [1.807, 2.05) is 33.8 Å². The predicted octanol–water partition coefficient (Wildman–Crippen LogP) is 1.46. The molecule has 1 aromatic carbocycles. The molecule has 2 aliphatic heterocycles. The zero-order valence-electron chi connectivity index (χ0n) is 18.8. The van der Waals surface area contributed by atoms with Gasteiger partial charge in [-0.05, 0) is 51.8 Å². The summed E-state index contributed by atoms with van der Waals surface area (Å²) in [5.41, 5.74) is 1.66. The van der Waals surface area contributed by atoms with Gasteiger partial charge in [0.05, 0.1) is 29.9 Å². The van der Waals surface area contributed by atoms with E-state index in [1.54, 1.807) is 22.1 Å². The Labute approximate surface area is 184 Å². The summed E-state index contributed by atoms with van der Waals surface area (Å²) in [7, 11) is -3.39. The minimum atomic E-state index is -3.39. The second kappa shape index (κ2) is 8.76. The van der Waals surface area contributed by atoms with Crippen LogP contribution in [0.4, 0.5) is 11.4 Å². The van der Waals surface area contributed by atoms with Gasteiger partial charge in [-0.1, -0.05) is 6.07 Å². The molecular weight excluding hydrogens is 420 g/mol. The smallest absolute Gasteiger partial charge is 0.330 e. The average Bonchev–Trinajstić information content (AvgIpc) is 3.05. The number of fused-ring (bicyclic) bond motifs is 1. The number of nitrogens with one attached hydrogen (secondary N) is 1. The molecule has 0 aromatic heterocycles. The number of sulfonamides is 1. The number of benzene rings is 1. The van der Waals surface area contributed by atoms with Gasteiger partial charge in [-0.25, -0.2) is 13.2 Å². The lowest BCUT2D eigenvalue weighted by molar-refractivity contribution is -0.219. The third-order valence-electron chi connectivity index (χ3n) is 5.41. The summed E-state index contributed by atoms with van der Waals surface area (Å²) in [5.74, 6) is -0.293. The van der Waals surface area contributed by atoms with E-state index in [4.69, 9.17) is 4.84 Å². The molecule has 31 heavy (non-hydrogen) atoms. The fraction of sp³-hybridized carbons (Fsp3) is 0.619. The summed E-state index contributed by atoms with van der Waals surface area (Å²) >= 11 is 0. The monoisotopic (exact) mass is 452 g/mol. The molecule has 1 N–H and O–H groups in total. The molecule has 0 saturated carbocycles. The highest BCUT2D eigenvalue weighted by Gasteiger charge is 2.33. The van der Waals surface area contributed by atoms with Crippen molar-refractivity contribution in [3.8, 4) is 0 Å². The first-order valence-electron chi connectivity index (χ1n) is 10.5. The minimum Gasteiger partial charge on any atom is -0.367 e. The molecule has 1 amide bonds. The van der Waals surface area contributed by atoms with Gasteiger partial charge in [-0.2, -0.15) is 0 Å². The highest BCUT2D eigenvalue weighted by Crippen LogP contribution is 2.31. The van der Waals surface area contributed by atoms with Crippen LogP contribution in [0.1, 0.15) is 33.3 Å². The fourth-order valence-electron chi connectivity index (χ4n) is 3.73. The van der Waals surface area contributed by atoms with Gasteiger partial charge in [0.2, 0.25) is 15.9 Å². The summed E-state index contributed by atoms with van der Waals surface area (Å²) in [6, 6.07) is 5.27. The number of hydroxylamine groups is 2. The van der Waals surface area contributed by atoms with Gasteiger partial charge < -0.3 is 9.74 Å². The Hall–Kier alpha value is -2.17. The highest BCUT2D eigenvalue weighted by molar-refractivity contribution is 7.92. The van der Waals surface area contributed by atoms with Crippen molar-refractivity contribution in [1.29, 1.82) is 0 Å². The molecule has 0 radical (unpaired) electrons. The lowest BCUT2D eigenvalue weighted by Gasteiger charge is -2.39. The van der Waals surface area contributed by atoms with Crippen LogP contribution in [0.25, 0.3) is 0 Å². The van der Waals surface area contributed by atoms with E-state index in [9.17, 15) is 18.0 Å². The number of piperazine rings is 1. The third-order valence-corrected chi connectivity index (χ3v) is 6.01. The predicted molar refractivity (Wildman–Crippen MR) is 119 cm³/mol. The van der Waals surface area contributed by atoms with E-state index in [0.29, 0.717) is 31.9 Å². The van der Waals surface area contributed by atoms with Crippen molar-refractivity contribution >= 4 is 33.3 Å². The molecule has 0 bridgehead atoms. The van der Waals surface area contributed by atoms with Crippen LogP contribution < -0.4 is 9.62 Å². The van der Waals surface area contributed by atoms with Crippen LogP contribution in [-0.2, 0) is 30.9 Å². The van der Waals surface area contributed by atoms with Gasteiger partial charge in [0, 0.05) is 31.9 Å². The first-order chi connectivity index (χ1) is 14.3. The van der Waals surface area contributed by atoms with E-state index in [-0.39, 0.29) is 24.5 Å². The molecular formula is C21H32N4O5S. The van der Waals surface area contributed by atoms with Crippen molar-refractivity contribution in [1.82, 2.24) is 9.96 Å². The first-order valence-corrected chi connectivity index (χ1v) is 12.3. The maximum absolute atomic E-state index is 13.0. The summed E-state index contributed by atoms with van der Waals surface area (Å²) in [6.45, 7) is 10.0. The fourth-order valence-corrected chi connectivity index (χ4v) is 4.29. The van der Waals surface area contributed by atoms with Crippen molar-refractivity contribution in [2.24, 2.45) is 5.41 Å². The Kier molecular flexibility index (Phi) is 6.64. The minimum absolute atomic E-state index is 0.0238. The molecule has 3 rings (SSSR count). The zero-order chi connectivity index (χ0) is 23.0. The summed E-state index contributed by atoms with van der Waals surface area (Å²) in [6.07, 6.45) is 1.84. The molecule has 1 atom stereocenters. The van der Waals surface area contributed by atoms with Crippen molar-refractivity contribution in [2.45, 2.75) is 40.2 Å². The Morgan fingerprint density at radius 3 is 2.52 bits per heavy atom.